The Morgan fingerprint density at radius 1 is 1.28 bits per heavy atom. The highest BCUT2D eigenvalue weighted by atomic mass is 16.6. The molecular formula is C24H40N2O6. The highest BCUT2D eigenvalue weighted by Crippen LogP contribution is 2.59. The van der Waals surface area contributed by atoms with Crippen LogP contribution in [-0.4, -0.2) is 70.3 Å². The molecule has 0 aromatic heterocycles. The van der Waals surface area contributed by atoms with E-state index in [0.717, 1.165) is 6.42 Å². The minimum Gasteiger partial charge on any atom is -0.466 e. The van der Waals surface area contributed by atoms with Crippen molar-refractivity contribution in [2.45, 2.75) is 103 Å². The van der Waals surface area contributed by atoms with Crippen LogP contribution in [0.3, 0.4) is 0 Å². The molecule has 182 valence electrons. The number of aliphatic hydroxyl groups is 1. The van der Waals surface area contributed by atoms with E-state index in [1.165, 1.54) is 4.90 Å². The van der Waals surface area contributed by atoms with Gasteiger partial charge in [0.25, 0.3) is 0 Å². The molecule has 0 aromatic rings. The minimum atomic E-state index is -1.07. The first-order valence-electron chi connectivity index (χ1n) is 11.9. The van der Waals surface area contributed by atoms with E-state index >= 15 is 0 Å². The summed E-state index contributed by atoms with van der Waals surface area (Å²) >= 11 is 0. The van der Waals surface area contributed by atoms with E-state index in [2.05, 4.69) is 26.1 Å². The molecule has 8 heteroatoms. The van der Waals surface area contributed by atoms with Gasteiger partial charge in [-0.05, 0) is 51.9 Å². The van der Waals surface area contributed by atoms with E-state index in [-0.39, 0.29) is 30.4 Å². The minimum absolute atomic E-state index is 0.00282. The van der Waals surface area contributed by atoms with Crippen molar-refractivity contribution in [3.63, 3.8) is 0 Å². The van der Waals surface area contributed by atoms with Crippen molar-refractivity contribution >= 4 is 17.8 Å². The van der Waals surface area contributed by atoms with Crippen LogP contribution in [-0.2, 0) is 23.9 Å². The Labute approximate surface area is 191 Å². The van der Waals surface area contributed by atoms with Crippen molar-refractivity contribution in [1.82, 2.24) is 10.2 Å². The lowest BCUT2D eigenvalue weighted by Crippen LogP contribution is -2.61. The normalized spacial score (nSPS) is 32.8. The number of carbonyl (C=O) groups is 3. The molecule has 2 N–H and O–H groups in total. The molecule has 8 nitrogen and oxygen atoms in total. The van der Waals surface area contributed by atoms with Gasteiger partial charge in [-0.2, -0.15) is 0 Å². The summed E-state index contributed by atoms with van der Waals surface area (Å²) in [6.45, 7) is 13.9. The first-order chi connectivity index (χ1) is 14.8. The Hall–Kier alpha value is -1.67. The molecule has 3 aliphatic rings. The molecule has 0 aromatic carbocycles. The van der Waals surface area contributed by atoms with Crippen molar-refractivity contribution in [1.29, 1.82) is 0 Å². The number of carbonyl (C=O) groups excluding carboxylic acids is 3. The van der Waals surface area contributed by atoms with Crippen molar-refractivity contribution in [3.05, 3.63) is 0 Å². The number of hydrogen-bond acceptors (Lipinski definition) is 6. The third-order valence-electron chi connectivity index (χ3n) is 7.05. The summed E-state index contributed by atoms with van der Waals surface area (Å²) in [5, 5.41) is 13.2. The fourth-order valence-corrected chi connectivity index (χ4v) is 6.48. The molecule has 1 spiro atoms. The summed E-state index contributed by atoms with van der Waals surface area (Å²) in [7, 11) is 0. The van der Waals surface area contributed by atoms with E-state index in [1.807, 2.05) is 20.8 Å². The van der Waals surface area contributed by atoms with Crippen LogP contribution in [0.1, 0.15) is 74.1 Å². The van der Waals surface area contributed by atoms with Crippen molar-refractivity contribution in [2.75, 3.05) is 13.2 Å². The van der Waals surface area contributed by atoms with Crippen LogP contribution < -0.4 is 5.32 Å². The summed E-state index contributed by atoms with van der Waals surface area (Å²) in [6.07, 6.45) is 1.95. The molecular weight excluding hydrogens is 412 g/mol. The van der Waals surface area contributed by atoms with Gasteiger partial charge < -0.3 is 24.8 Å². The maximum Gasteiger partial charge on any atom is 0.312 e. The van der Waals surface area contributed by atoms with Gasteiger partial charge in [0.1, 0.15) is 11.6 Å². The van der Waals surface area contributed by atoms with Gasteiger partial charge in [-0.1, -0.05) is 27.7 Å². The second-order valence-electron chi connectivity index (χ2n) is 11.4. The standard InChI is InChI=1S/C24H40N2O6/c1-8-14(12-27)26-18(19(28)25-23(6,7)13-22(3,4)5)24-11-10-15(32-24)16(17(24)20(26)29)21(30)31-9-2/h14-18,27H,8-13H2,1-7H3,(H,25,28)/t14-,15+,16-,17-,18+,24-/m0/s1. The van der Waals surface area contributed by atoms with Crippen LogP contribution in [0.5, 0.6) is 0 Å². The van der Waals surface area contributed by atoms with Crippen LogP contribution in [0, 0.1) is 17.3 Å². The number of esters is 1. The SMILES string of the molecule is CCOC(=O)[C@@H]1[C@H]2C(=O)N([C@@H](CC)CO)[C@H](C(=O)NC(C)(C)CC(C)(C)C)[C@]23CC[C@H]1O3. The number of hydrogen-bond donors (Lipinski definition) is 2. The number of ether oxygens (including phenoxy) is 2. The van der Waals surface area contributed by atoms with Crippen LogP contribution in [0.25, 0.3) is 0 Å². The fourth-order valence-electron chi connectivity index (χ4n) is 6.48. The molecule has 0 unspecified atom stereocenters. The predicted molar refractivity (Wildman–Crippen MR) is 119 cm³/mol. The highest BCUT2D eigenvalue weighted by molar-refractivity contribution is 5.98. The Kier molecular flexibility index (Phi) is 6.71. The summed E-state index contributed by atoms with van der Waals surface area (Å²) in [4.78, 5) is 41.8. The Bertz CT molecular complexity index is 756. The molecule has 3 rings (SSSR count). The number of nitrogens with one attached hydrogen (secondary N) is 1. The number of rotatable bonds is 8. The smallest absolute Gasteiger partial charge is 0.312 e. The molecule has 3 saturated heterocycles. The monoisotopic (exact) mass is 452 g/mol. The third kappa shape index (κ3) is 4.16. The number of fused-ring (bicyclic) bond motifs is 1. The summed E-state index contributed by atoms with van der Waals surface area (Å²) in [5.41, 5.74) is -1.57. The molecule has 3 fully saturated rings. The zero-order valence-corrected chi connectivity index (χ0v) is 20.6. The second kappa shape index (κ2) is 8.60. The van der Waals surface area contributed by atoms with Crippen LogP contribution in [0.4, 0.5) is 0 Å². The van der Waals surface area contributed by atoms with E-state index in [1.54, 1.807) is 6.92 Å². The van der Waals surface area contributed by atoms with Gasteiger partial charge in [0.15, 0.2) is 0 Å². The maximum absolute atomic E-state index is 13.8. The average molecular weight is 453 g/mol. The number of nitrogens with zero attached hydrogens (tertiary/aromatic N) is 1. The lowest BCUT2D eigenvalue weighted by atomic mass is 9.70. The van der Waals surface area contributed by atoms with Crippen molar-refractivity contribution in [3.8, 4) is 0 Å². The Balaban J connectivity index is 2.00. The van der Waals surface area contributed by atoms with E-state index in [4.69, 9.17) is 9.47 Å². The number of likely N-dealkylation sites (tertiary alicyclic amines) is 1. The first kappa shape index (κ1) is 25.0. The molecule has 0 aliphatic carbocycles. The third-order valence-corrected chi connectivity index (χ3v) is 7.05. The Morgan fingerprint density at radius 2 is 1.94 bits per heavy atom. The molecule has 3 heterocycles. The van der Waals surface area contributed by atoms with Gasteiger partial charge in [0.05, 0.1) is 37.2 Å². The van der Waals surface area contributed by atoms with Gasteiger partial charge in [-0.25, -0.2) is 0 Å². The quantitative estimate of drug-likeness (QED) is 0.546. The van der Waals surface area contributed by atoms with Crippen LogP contribution in [0.15, 0.2) is 0 Å². The zero-order valence-electron chi connectivity index (χ0n) is 20.6. The molecule has 2 amide bonds. The molecule has 2 bridgehead atoms. The largest absolute Gasteiger partial charge is 0.466 e. The second-order valence-corrected chi connectivity index (χ2v) is 11.4. The van der Waals surface area contributed by atoms with E-state index in [0.29, 0.717) is 19.3 Å². The van der Waals surface area contributed by atoms with Gasteiger partial charge in [0.2, 0.25) is 11.8 Å². The summed E-state index contributed by atoms with van der Waals surface area (Å²) in [6, 6.07) is -1.41. The lowest BCUT2D eigenvalue weighted by molar-refractivity contribution is -0.155. The summed E-state index contributed by atoms with van der Waals surface area (Å²) < 4.78 is 11.6. The molecule has 6 atom stereocenters. The van der Waals surface area contributed by atoms with Crippen LogP contribution >= 0.6 is 0 Å². The molecule has 3 aliphatic heterocycles. The Morgan fingerprint density at radius 3 is 2.47 bits per heavy atom. The van der Waals surface area contributed by atoms with Gasteiger partial charge >= 0.3 is 5.97 Å². The predicted octanol–water partition coefficient (Wildman–Crippen LogP) is 2.03. The first-order valence-corrected chi connectivity index (χ1v) is 11.9. The zero-order chi connectivity index (χ0) is 24.1. The molecule has 0 saturated carbocycles. The number of aliphatic hydroxyl groups excluding tert-OH is 1. The molecule has 0 radical (unpaired) electrons. The molecule has 32 heavy (non-hydrogen) atoms. The highest BCUT2D eigenvalue weighted by Gasteiger charge is 2.75. The van der Waals surface area contributed by atoms with E-state index < -0.39 is 47.1 Å². The van der Waals surface area contributed by atoms with Gasteiger partial charge in [-0.15, -0.1) is 0 Å². The summed E-state index contributed by atoms with van der Waals surface area (Å²) in [5.74, 6) is -2.49. The fraction of sp³-hybridized carbons (Fsp3) is 0.875. The number of amides is 2. The maximum atomic E-state index is 13.8. The van der Waals surface area contributed by atoms with Crippen molar-refractivity contribution in [2.24, 2.45) is 17.3 Å². The van der Waals surface area contributed by atoms with Crippen molar-refractivity contribution < 1.29 is 29.0 Å². The van der Waals surface area contributed by atoms with Gasteiger partial charge in [-0.3, -0.25) is 14.4 Å². The topological polar surface area (TPSA) is 105 Å². The van der Waals surface area contributed by atoms with Crippen LogP contribution in [0.2, 0.25) is 0 Å². The van der Waals surface area contributed by atoms with E-state index in [9.17, 15) is 19.5 Å². The van der Waals surface area contributed by atoms with Gasteiger partial charge in [0, 0.05) is 5.54 Å². The average Bonchev–Trinajstić information content (AvgIpc) is 3.28. The lowest BCUT2D eigenvalue weighted by Gasteiger charge is -2.40.